The van der Waals surface area contributed by atoms with Crippen LogP contribution in [0.25, 0.3) is 0 Å². The van der Waals surface area contributed by atoms with Crippen LogP contribution in [0.5, 0.6) is 5.75 Å². The molecule has 0 saturated carbocycles. The number of hydrogen-bond donors (Lipinski definition) is 3. The Kier molecular flexibility index (Phi) is 8.21. The summed E-state index contributed by atoms with van der Waals surface area (Å²) in [6.07, 6.45) is 4.04. The highest BCUT2D eigenvalue weighted by Gasteiger charge is 2.25. The molecule has 1 saturated heterocycles. The first-order chi connectivity index (χ1) is 12.6. The van der Waals surface area contributed by atoms with E-state index in [-0.39, 0.29) is 18.5 Å². The van der Waals surface area contributed by atoms with Crippen molar-refractivity contribution in [2.24, 2.45) is 0 Å². The number of nitrogens with one attached hydrogen (secondary N) is 2. The molecule has 2 rings (SSSR count). The van der Waals surface area contributed by atoms with Gasteiger partial charge >= 0.3 is 12.0 Å². The molecule has 0 radical (unpaired) electrons. The predicted molar refractivity (Wildman–Crippen MR) is 99.4 cm³/mol. The fraction of sp³-hybridized carbons (Fsp3) is 0.579. The van der Waals surface area contributed by atoms with Crippen molar-refractivity contribution >= 4 is 12.0 Å². The zero-order chi connectivity index (χ0) is 18.8. The van der Waals surface area contributed by atoms with E-state index in [1.54, 1.807) is 7.11 Å². The average Bonchev–Trinajstić information content (AvgIpc) is 2.66. The highest BCUT2D eigenvalue weighted by Crippen LogP contribution is 2.30. The zero-order valence-corrected chi connectivity index (χ0v) is 15.4. The van der Waals surface area contributed by atoms with Crippen LogP contribution in [0.2, 0.25) is 0 Å². The van der Waals surface area contributed by atoms with Crippen LogP contribution < -0.4 is 15.4 Å². The standard InChI is InChI=1S/C19H29N3O4/c1-26-17-9-4-3-8-15(17)16(22-12-5-2-6-13-22)14-21-19(25)20-11-7-10-18(23)24/h3-4,8-9,16H,2,5-7,10-14H2,1H3,(H,23,24)(H2,20,21,25). The number of aliphatic carboxylic acids is 1. The Labute approximate surface area is 154 Å². The van der Waals surface area contributed by atoms with E-state index in [0.717, 1.165) is 37.2 Å². The molecule has 7 heteroatoms. The Morgan fingerprint density at radius 3 is 2.62 bits per heavy atom. The number of carbonyl (C=O) groups is 2. The number of carboxylic acids is 1. The van der Waals surface area contributed by atoms with E-state index in [9.17, 15) is 9.59 Å². The van der Waals surface area contributed by atoms with Crippen LogP contribution in [-0.2, 0) is 4.79 Å². The molecule has 7 nitrogen and oxygen atoms in total. The highest BCUT2D eigenvalue weighted by molar-refractivity contribution is 5.74. The van der Waals surface area contributed by atoms with Gasteiger partial charge in [0.2, 0.25) is 0 Å². The Hall–Kier alpha value is -2.28. The van der Waals surface area contributed by atoms with Crippen LogP contribution >= 0.6 is 0 Å². The van der Waals surface area contributed by atoms with Gasteiger partial charge in [0.1, 0.15) is 5.75 Å². The quantitative estimate of drug-likeness (QED) is 0.586. The summed E-state index contributed by atoms with van der Waals surface area (Å²) in [6, 6.07) is 7.70. The van der Waals surface area contributed by atoms with Gasteiger partial charge in [0, 0.05) is 25.1 Å². The van der Waals surface area contributed by atoms with Crippen LogP contribution in [0.15, 0.2) is 24.3 Å². The summed E-state index contributed by atoms with van der Waals surface area (Å²) in [5, 5.41) is 14.3. The number of urea groups is 1. The normalized spacial score (nSPS) is 15.9. The Morgan fingerprint density at radius 1 is 1.19 bits per heavy atom. The van der Waals surface area contributed by atoms with Gasteiger partial charge in [-0.3, -0.25) is 9.69 Å². The van der Waals surface area contributed by atoms with Crippen LogP contribution in [0.4, 0.5) is 4.79 Å². The smallest absolute Gasteiger partial charge is 0.314 e. The summed E-state index contributed by atoms with van der Waals surface area (Å²) in [7, 11) is 1.66. The lowest BCUT2D eigenvalue weighted by atomic mass is 10.0. The molecule has 144 valence electrons. The second-order valence-corrected chi connectivity index (χ2v) is 6.49. The second kappa shape index (κ2) is 10.7. The van der Waals surface area contributed by atoms with Gasteiger partial charge in [-0.1, -0.05) is 24.6 Å². The number of piperidine rings is 1. The van der Waals surface area contributed by atoms with Crippen molar-refractivity contribution in [3.63, 3.8) is 0 Å². The van der Waals surface area contributed by atoms with Gasteiger partial charge in [-0.05, 0) is 38.4 Å². The molecule has 2 amide bonds. The summed E-state index contributed by atoms with van der Waals surface area (Å²) in [5.41, 5.74) is 1.07. The van der Waals surface area contributed by atoms with Crippen LogP contribution in [0.1, 0.15) is 43.7 Å². The first kappa shape index (κ1) is 20.0. The molecule has 1 atom stereocenters. The minimum atomic E-state index is -0.853. The number of para-hydroxylation sites is 1. The van der Waals surface area contributed by atoms with Crippen molar-refractivity contribution < 1.29 is 19.4 Å². The largest absolute Gasteiger partial charge is 0.496 e. The minimum absolute atomic E-state index is 0.0521. The summed E-state index contributed by atoms with van der Waals surface area (Å²) >= 11 is 0. The third-order valence-corrected chi connectivity index (χ3v) is 4.64. The fourth-order valence-electron chi connectivity index (χ4n) is 3.30. The number of amides is 2. The predicted octanol–water partition coefficient (Wildman–Crippen LogP) is 2.39. The lowest BCUT2D eigenvalue weighted by Gasteiger charge is -2.35. The van der Waals surface area contributed by atoms with E-state index in [0.29, 0.717) is 19.5 Å². The van der Waals surface area contributed by atoms with Gasteiger partial charge in [-0.2, -0.15) is 0 Å². The lowest BCUT2D eigenvalue weighted by molar-refractivity contribution is -0.137. The molecular formula is C19H29N3O4. The van der Waals surface area contributed by atoms with Gasteiger partial charge in [0.05, 0.1) is 13.2 Å². The van der Waals surface area contributed by atoms with Crippen molar-refractivity contribution in [3.05, 3.63) is 29.8 Å². The van der Waals surface area contributed by atoms with Gasteiger partial charge < -0.3 is 20.5 Å². The van der Waals surface area contributed by atoms with Crippen LogP contribution in [0.3, 0.4) is 0 Å². The Morgan fingerprint density at radius 2 is 1.92 bits per heavy atom. The molecule has 0 bridgehead atoms. The second-order valence-electron chi connectivity index (χ2n) is 6.49. The van der Waals surface area contributed by atoms with Gasteiger partial charge in [0.25, 0.3) is 0 Å². The Balaban J connectivity index is 1.96. The monoisotopic (exact) mass is 363 g/mol. The van der Waals surface area contributed by atoms with Gasteiger partial charge in [-0.15, -0.1) is 0 Å². The third-order valence-electron chi connectivity index (χ3n) is 4.64. The molecule has 1 aromatic carbocycles. The maximum absolute atomic E-state index is 12.0. The van der Waals surface area contributed by atoms with Gasteiger partial charge in [-0.25, -0.2) is 4.79 Å². The average molecular weight is 363 g/mol. The number of likely N-dealkylation sites (tertiary alicyclic amines) is 1. The number of hydrogen-bond acceptors (Lipinski definition) is 4. The van der Waals surface area contributed by atoms with Crippen molar-refractivity contribution in [1.82, 2.24) is 15.5 Å². The highest BCUT2D eigenvalue weighted by atomic mass is 16.5. The maximum Gasteiger partial charge on any atom is 0.314 e. The summed E-state index contributed by atoms with van der Waals surface area (Å²) < 4.78 is 5.52. The molecule has 0 spiro atoms. The Bertz CT molecular complexity index is 588. The van der Waals surface area contributed by atoms with E-state index < -0.39 is 5.97 Å². The van der Waals surface area contributed by atoms with Crippen LogP contribution in [-0.4, -0.2) is 55.3 Å². The lowest BCUT2D eigenvalue weighted by Crippen LogP contribution is -2.44. The summed E-state index contributed by atoms with van der Waals surface area (Å²) in [5.74, 6) is -0.0275. The van der Waals surface area contributed by atoms with Crippen LogP contribution in [0, 0.1) is 0 Å². The number of carbonyl (C=O) groups excluding carboxylic acids is 1. The van der Waals surface area contributed by atoms with Crippen molar-refractivity contribution in [1.29, 1.82) is 0 Å². The van der Waals surface area contributed by atoms with Crippen molar-refractivity contribution in [2.75, 3.05) is 33.3 Å². The van der Waals surface area contributed by atoms with E-state index >= 15 is 0 Å². The van der Waals surface area contributed by atoms with E-state index in [2.05, 4.69) is 15.5 Å². The molecule has 1 aliphatic rings. The van der Waals surface area contributed by atoms with E-state index in [4.69, 9.17) is 9.84 Å². The molecule has 3 N–H and O–H groups in total. The number of methoxy groups -OCH3 is 1. The molecular weight excluding hydrogens is 334 g/mol. The van der Waals surface area contributed by atoms with E-state index in [1.807, 2.05) is 24.3 Å². The molecule has 26 heavy (non-hydrogen) atoms. The summed E-state index contributed by atoms with van der Waals surface area (Å²) in [6.45, 7) is 2.83. The van der Waals surface area contributed by atoms with Crippen molar-refractivity contribution in [2.45, 2.75) is 38.1 Å². The van der Waals surface area contributed by atoms with Crippen molar-refractivity contribution in [3.8, 4) is 5.75 Å². The molecule has 1 fully saturated rings. The molecule has 1 aliphatic heterocycles. The molecule has 1 aromatic rings. The number of nitrogens with zero attached hydrogens (tertiary/aromatic N) is 1. The first-order valence-corrected chi connectivity index (χ1v) is 9.22. The topological polar surface area (TPSA) is 90.9 Å². The molecule has 1 unspecified atom stereocenters. The summed E-state index contributed by atoms with van der Waals surface area (Å²) in [4.78, 5) is 24.9. The molecule has 1 heterocycles. The SMILES string of the molecule is COc1ccccc1C(CNC(=O)NCCCC(=O)O)N1CCCCC1. The van der Waals surface area contributed by atoms with Gasteiger partial charge in [0.15, 0.2) is 0 Å². The van der Waals surface area contributed by atoms with E-state index in [1.165, 1.54) is 6.42 Å². The minimum Gasteiger partial charge on any atom is -0.496 e. The third kappa shape index (κ3) is 6.22. The number of benzene rings is 1. The molecule has 0 aromatic heterocycles. The molecule has 0 aliphatic carbocycles. The number of rotatable bonds is 9. The number of ether oxygens (including phenoxy) is 1. The fourth-order valence-corrected chi connectivity index (χ4v) is 3.30. The maximum atomic E-state index is 12.0. The zero-order valence-electron chi connectivity index (χ0n) is 15.4. The number of carboxylic acid groups (broad SMARTS) is 1. The first-order valence-electron chi connectivity index (χ1n) is 9.22.